The third-order valence-corrected chi connectivity index (χ3v) is 3.25. The van der Waals surface area contributed by atoms with Gasteiger partial charge in [-0.1, -0.05) is 23.7 Å². The van der Waals surface area contributed by atoms with Gasteiger partial charge in [0.2, 0.25) is 5.91 Å². The quantitative estimate of drug-likeness (QED) is 0.893. The molecule has 1 amide bonds. The molecule has 1 aliphatic heterocycles. The zero-order valence-corrected chi connectivity index (χ0v) is 10.7. The minimum Gasteiger partial charge on any atom is -0.352 e. The second-order valence-electron chi connectivity index (χ2n) is 4.55. The number of benzene rings is 1. The van der Waals surface area contributed by atoms with Crippen LogP contribution in [0.3, 0.4) is 0 Å². The average Bonchev–Trinajstić information content (AvgIpc) is 2.68. The van der Waals surface area contributed by atoms with E-state index in [4.69, 9.17) is 11.6 Å². The predicted octanol–water partition coefficient (Wildman–Crippen LogP) is 2.05. The number of likely N-dealkylation sites (tertiary alicyclic amines) is 1. The Balaban J connectivity index is 1.85. The van der Waals surface area contributed by atoms with Crippen LogP contribution in [0.2, 0.25) is 5.02 Å². The lowest BCUT2D eigenvalue weighted by Crippen LogP contribution is -2.35. The number of amides is 1. The molecule has 1 N–H and O–H groups in total. The first-order valence-electron chi connectivity index (χ1n) is 5.87. The smallest absolute Gasteiger partial charge is 0.217 e. The molecule has 17 heavy (non-hydrogen) atoms. The van der Waals surface area contributed by atoms with Crippen molar-refractivity contribution in [3.05, 3.63) is 34.9 Å². The van der Waals surface area contributed by atoms with Crippen LogP contribution >= 0.6 is 11.6 Å². The third kappa shape index (κ3) is 3.72. The molecule has 1 aliphatic rings. The fourth-order valence-corrected chi connectivity index (χ4v) is 2.36. The Hall–Kier alpha value is -1.06. The standard InChI is InChI=1S/C13H17ClN2O/c1-10(17)15-13-6-7-16(9-13)8-11-2-4-12(14)5-3-11/h2-5,13H,6-9H2,1H3,(H,15,17). The van der Waals surface area contributed by atoms with Gasteiger partial charge in [0.1, 0.15) is 0 Å². The molecule has 0 aliphatic carbocycles. The van der Waals surface area contributed by atoms with Crippen LogP contribution in [0, 0.1) is 0 Å². The van der Waals surface area contributed by atoms with Crippen molar-refractivity contribution in [3.8, 4) is 0 Å². The summed E-state index contributed by atoms with van der Waals surface area (Å²) in [7, 11) is 0. The second-order valence-corrected chi connectivity index (χ2v) is 4.98. The van der Waals surface area contributed by atoms with Crippen molar-refractivity contribution < 1.29 is 4.79 Å². The minimum absolute atomic E-state index is 0.0587. The van der Waals surface area contributed by atoms with Crippen LogP contribution in [0.4, 0.5) is 0 Å². The number of carbonyl (C=O) groups excluding carboxylic acids is 1. The van der Waals surface area contributed by atoms with E-state index in [1.807, 2.05) is 24.3 Å². The molecule has 1 unspecified atom stereocenters. The highest BCUT2D eigenvalue weighted by atomic mass is 35.5. The second kappa shape index (κ2) is 5.52. The van der Waals surface area contributed by atoms with Crippen molar-refractivity contribution in [1.29, 1.82) is 0 Å². The van der Waals surface area contributed by atoms with E-state index in [2.05, 4.69) is 10.2 Å². The Kier molecular flexibility index (Phi) is 4.02. The maximum absolute atomic E-state index is 11.0. The number of carbonyl (C=O) groups is 1. The van der Waals surface area contributed by atoms with Gasteiger partial charge >= 0.3 is 0 Å². The average molecular weight is 253 g/mol. The van der Waals surface area contributed by atoms with Crippen LogP contribution < -0.4 is 5.32 Å². The minimum atomic E-state index is 0.0587. The normalized spacial score (nSPS) is 20.5. The van der Waals surface area contributed by atoms with Crippen LogP contribution in [0.5, 0.6) is 0 Å². The van der Waals surface area contributed by atoms with E-state index < -0.39 is 0 Å². The monoisotopic (exact) mass is 252 g/mol. The zero-order chi connectivity index (χ0) is 12.3. The molecule has 0 spiro atoms. The van der Waals surface area contributed by atoms with Crippen LogP contribution in [0.15, 0.2) is 24.3 Å². The predicted molar refractivity (Wildman–Crippen MR) is 69.0 cm³/mol. The highest BCUT2D eigenvalue weighted by Gasteiger charge is 2.22. The number of nitrogens with one attached hydrogen (secondary N) is 1. The molecule has 2 rings (SSSR count). The van der Waals surface area contributed by atoms with Gasteiger partial charge in [-0.3, -0.25) is 9.69 Å². The molecule has 1 aromatic rings. The van der Waals surface area contributed by atoms with Crippen LogP contribution in [0.1, 0.15) is 18.9 Å². The Morgan fingerprint density at radius 3 is 2.82 bits per heavy atom. The van der Waals surface area contributed by atoms with E-state index in [0.717, 1.165) is 31.1 Å². The first-order valence-corrected chi connectivity index (χ1v) is 6.25. The van der Waals surface area contributed by atoms with Gasteiger partial charge in [-0.2, -0.15) is 0 Å². The molecule has 3 nitrogen and oxygen atoms in total. The summed E-state index contributed by atoms with van der Waals surface area (Å²) in [6.07, 6.45) is 1.03. The molecule has 0 bridgehead atoms. The largest absolute Gasteiger partial charge is 0.352 e. The van der Waals surface area contributed by atoms with Gasteiger partial charge in [-0.05, 0) is 24.1 Å². The highest BCUT2D eigenvalue weighted by Crippen LogP contribution is 2.15. The summed E-state index contributed by atoms with van der Waals surface area (Å²) < 4.78 is 0. The molecular weight excluding hydrogens is 236 g/mol. The molecule has 1 aromatic carbocycles. The fourth-order valence-electron chi connectivity index (χ4n) is 2.23. The Labute approximate surface area is 107 Å². The van der Waals surface area contributed by atoms with Crippen molar-refractivity contribution in [2.45, 2.75) is 25.9 Å². The zero-order valence-electron chi connectivity index (χ0n) is 9.95. The lowest BCUT2D eigenvalue weighted by molar-refractivity contribution is -0.119. The Morgan fingerprint density at radius 2 is 2.18 bits per heavy atom. The maximum atomic E-state index is 11.0. The van der Waals surface area contributed by atoms with Gasteiger partial charge in [-0.15, -0.1) is 0 Å². The number of hydrogen-bond donors (Lipinski definition) is 1. The van der Waals surface area contributed by atoms with Gasteiger partial charge in [0.05, 0.1) is 0 Å². The van der Waals surface area contributed by atoms with Gasteiger partial charge in [0, 0.05) is 37.6 Å². The summed E-state index contributed by atoms with van der Waals surface area (Å²) in [6, 6.07) is 8.23. The molecule has 1 heterocycles. The molecule has 1 fully saturated rings. The topological polar surface area (TPSA) is 32.3 Å². The highest BCUT2D eigenvalue weighted by molar-refractivity contribution is 6.30. The lowest BCUT2D eigenvalue weighted by Gasteiger charge is -2.16. The van der Waals surface area contributed by atoms with E-state index in [0.29, 0.717) is 6.04 Å². The summed E-state index contributed by atoms with van der Waals surface area (Å²) in [6.45, 7) is 4.46. The SMILES string of the molecule is CC(=O)NC1CCN(Cc2ccc(Cl)cc2)C1. The molecule has 0 saturated carbocycles. The molecule has 0 aromatic heterocycles. The Morgan fingerprint density at radius 1 is 1.47 bits per heavy atom. The van der Waals surface area contributed by atoms with Gasteiger partial charge in [-0.25, -0.2) is 0 Å². The number of rotatable bonds is 3. The molecule has 1 saturated heterocycles. The van der Waals surface area contributed by atoms with E-state index in [1.54, 1.807) is 6.92 Å². The summed E-state index contributed by atoms with van der Waals surface area (Å²) in [5.41, 5.74) is 1.26. The van der Waals surface area contributed by atoms with Crippen LogP contribution in [-0.4, -0.2) is 29.9 Å². The molecule has 4 heteroatoms. The number of hydrogen-bond acceptors (Lipinski definition) is 2. The Bertz CT molecular complexity index is 391. The van der Waals surface area contributed by atoms with E-state index in [9.17, 15) is 4.79 Å². The third-order valence-electron chi connectivity index (χ3n) is 3.00. The first kappa shape index (κ1) is 12.4. The fraction of sp³-hybridized carbons (Fsp3) is 0.462. The molecule has 92 valence electrons. The number of halogens is 1. The van der Waals surface area contributed by atoms with Crippen molar-refractivity contribution in [2.75, 3.05) is 13.1 Å². The number of nitrogens with zero attached hydrogens (tertiary/aromatic N) is 1. The molecule has 1 atom stereocenters. The van der Waals surface area contributed by atoms with Gasteiger partial charge in [0.15, 0.2) is 0 Å². The summed E-state index contributed by atoms with van der Waals surface area (Å²) >= 11 is 5.85. The van der Waals surface area contributed by atoms with E-state index in [-0.39, 0.29) is 5.91 Å². The van der Waals surface area contributed by atoms with Gasteiger partial charge in [0.25, 0.3) is 0 Å². The first-order chi connectivity index (χ1) is 8.13. The molecule has 0 radical (unpaired) electrons. The summed E-state index contributed by atoms with van der Waals surface area (Å²) in [4.78, 5) is 13.3. The van der Waals surface area contributed by atoms with E-state index >= 15 is 0 Å². The van der Waals surface area contributed by atoms with Crippen molar-refractivity contribution in [1.82, 2.24) is 10.2 Å². The summed E-state index contributed by atoms with van der Waals surface area (Å²) in [5.74, 6) is 0.0587. The van der Waals surface area contributed by atoms with Crippen molar-refractivity contribution in [3.63, 3.8) is 0 Å². The van der Waals surface area contributed by atoms with Gasteiger partial charge < -0.3 is 5.32 Å². The van der Waals surface area contributed by atoms with Crippen molar-refractivity contribution in [2.24, 2.45) is 0 Å². The lowest BCUT2D eigenvalue weighted by atomic mass is 10.2. The molecular formula is C13H17ClN2O. The summed E-state index contributed by atoms with van der Waals surface area (Å²) in [5, 5.41) is 3.73. The van der Waals surface area contributed by atoms with Crippen molar-refractivity contribution >= 4 is 17.5 Å². The van der Waals surface area contributed by atoms with E-state index in [1.165, 1.54) is 5.56 Å². The van der Waals surface area contributed by atoms with Crippen LogP contribution in [-0.2, 0) is 11.3 Å². The maximum Gasteiger partial charge on any atom is 0.217 e. The van der Waals surface area contributed by atoms with Crippen LogP contribution in [0.25, 0.3) is 0 Å².